The maximum absolute atomic E-state index is 12.5. The van der Waals surface area contributed by atoms with Gasteiger partial charge in [0, 0.05) is 11.9 Å². The van der Waals surface area contributed by atoms with Crippen LogP contribution in [0.1, 0.15) is 10.4 Å². The van der Waals surface area contributed by atoms with Crippen LogP contribution in [0.3, 0.4) is 0 Å². The van der Waals surface area contributed by atoms with Gasteiger partial charge < -0.3 is 4.90 Å². The van der Waals surface area contributed by atoms with Crippen LogP contribution in [0.2, 0.25) is 0 Å². The first-order valence-corrected chi connectivity index (χ1v) is 10.7. The van der Waals surface area contributed by atoms with Gasteiger partial charge in [0.15, 0.2) is 0 Å². The lowest BCUT2D eigenvalue weighted by atomic mass is 10.2. The van der Waals surface area contributed by atoms with E-state index in [0.717, 1.165) is 24.8 Å². The van der Waals surface area contributed by atoms with Crippen LogP contribution in [0.15, 0.2) is 40.2 Å². The number of nitrogens with zero attached hydrogens (tertiary/aromatic N) is 2. The quantitative estimate of drug-likeness (QED) is 0.706. The van der Waals surface area contributed by atoms with Crippen molar-refractivity contribution in [2.45, 2.75) is 13.5 Å². The average Bonchev–Trinajstić information content (AvgIpc) is 2.89. The fourth-order valence-corrected chi connectivity index (χ4v) is 4.67. The number of hydrogen-bond donors (Lipinski definition) is 0. The maximum Gasteiger partial charge on any atom is 0.243 e. The van der Waals surface area contributed by atoms with E-state index >= 15 is 0 Å². The molecule has 0 unspecified atom stereocenters. The number of carbonyl (C=O) groups is 1. The van der Waals surface area contributed by atoms with Crippen molar-refractivity contribution in [3.63, 3.8) is 0 Å². The topological polar surface area (TPSA) is 57.7 Å². The van der Waals surface area contributed by atoms with Gasteiger partial charge in [-0.25, -0.2) is 8.42 Å². The number of benzene rings is 1. The van der Waals surface area contributed by atoms with Crippen molar-refractivity contribution >= 4 is 48.9 Å². The second kappa shape index (κ2) is 7.67. The minimum absolute atomic E-state index is 0.216. The van der Waals surface area contributed by atoms with E-state index in [9.17, 15) is 13.2 Å². The van der Waals surface area contributed by atoms with E-state index in [-0.39, 0.29) is 12.5 Å². The average molecular weight is 431 g/mol. The number of para-hydroxylation sites is 1. The van der Waals surface area contributed by atoms with Crippen LogP contribution in [-0.4, -0.2) is 39.1 Å². The zero-order valence-electron chi connectivity index (χ0n) is 13.7. The van der Waals surface area contributed by atoms with Gasteiger partial charge in [-0.3, -0.25) is 9.10 Å². The molecule has 8 heteroatoms. The molecule has 24 heavy (non-hydrogen) atoms. The number of hydrogen-bond acceptors (Lipinski definition) is 4. The zero-order valence-corrected chi connectivity index (χ0v) is 16.9. The van der Waals surface area contributed by atoms with Gasteiger partial charge in [0.05, 0.1) is 22.3 Å². The van der Waals surface area contributed by atoms with Crippen molar-refractivity contribution in [3.8, 4) is 0 Å². The lowest BCUT2D eigenvalue weighted by Gasteiger charge is -2.26. The van der Waals surface area contributed by atoms with Gasteiger partial charge >= 0.3 is 0 Å². The molecular formula is C16H19BrN2O3S2. The number of carbonyl (C=O) groups excluding carboxylic acids is 1. The molecule has 1 heterocycles. The van der Waals surface area contributed by atoms with E-state index in [2.05, 4.69) is 15.9 Å². The molecule has 0 fully saturated rings. The van der Waals surface area contributed by atoms with Gasteiger partial charge in [-0.05, 0) is 46.6 Å². The summed E-state index contributed by atoms with van der Waals surface area (Å²) in [5, 5.41) is 0. The van der Waals surface area contributed by atoms with Crippen molar-refractivity contribution in [3.05, 3.63) is 50.6 Å². The number of rotatable bonds is 6. The van der Waals surface area contributed by atoms with Crippen LogP contribution in [0.4, 0.5) is 5.69 Å². The number of anilines is 1. The molecule has 0 saturated carbocycles. The molecule has 0 atom stereocenters. The van der Waals surface area contributed by atoms with Gasteiger partial charge in [-0.2, -0.15) is 0 Å². The molecule has 0 aliphatic carbocycles. The number of amides is 1. The van der Waals surface area contributed by atoms with Crippen LogP contribution in [-0.2, 0) is 21.4 Å². The van der Waals surface area contributed by atoms with Crippen LogP contribution < -0.4 is 4.31 Å². The molecule has 0 saturated heterocycles. The summed E-state index contributed by atoms with van der Waals surface area (Å²) < 4.78 is 26.5. The van der Waals surface area contributed by atoms with E-state index in [1.807, 2.05) is 31.2 Å². The first kappa shape index (κ1) is 19.0. The van der Waals surface area contributed by atoms with E-state index in [1.54, 1.807) is 30.5 Å². The fourth-order valence-electron chi connectivity index (χ4n) is 2.23. The molecule has 130 valence electrons. The zero-order chi connectivity index (χ0) is 17.9. The first-order chi connectivity index (χ1) is 11.2. The normalized spacial score (nSPS) is 11.3. The number of likely N-dealkylation sites (N-methyl/N-ethyl adjacent to an activating group) is 1. The van der Waals surface area contributed by atoms with E-state index in [0.29, 0.717) is 12.2 Å². The molecular weight excluding hydrogens is 412 g/mol. The minimum atomic E-state index is -3.56. The van der Waals surface area contributed by atoms with Gasteiger partial charge in [-0.15, -0.1) is 11.3 Å². The Bertz CT molecular complexity index is 833. The second-order valence-electron chi connectivity index (χ2n) is 5.51. The predicted molar refractivity (Wildman–Crippen MR) is 102 cm³/mol. The van der Waals surface area contributed by atoms with Crippen LogP contribution in [0.25, 0.3) is 0 Å². The third-order valence-electron chi connectivity index (χ3n) is 3.51. The SMILES string of the molecule is Cc1ccccc1N(CC(=O)N(C)Cc1ccc(Br)s1)S(C)(=O)=O. The molecule has 2 aromatic rings. The van der Waals surface area contributed by atoms with Gasteiger partial charge in [0.25, 0.3) is 0 Å². The summed E-state index contributed by atoms with van der Waals surface area (Å²) >= 11 is 4.94. The lowest BCUT2D eigenvalue weighted by Crippen LogP contribution is -2.41. The molecule has 0 aliphatic rings. The monoisotopic (exact) mass is 430 g/mol. The molecule has 1 aromatic heterocycles. The fraction of sp³-hybridized carbons (Fsp3) is 0.312. The largest absolute Gasteiger partial charge is 0.339 e. The Hall–Kier alpha value is -1.38. The minimum Gasteiger partial charge on any atom is -0.339 e. The molecule has 0 bridgehead atoms. The molecule has 0 spiro atoms. The lowest BCUT2D eigenvalue weighted by molar-refractivity contribution is -0.128. The Morgan fingerprint density at radius 2 is 1.88 bits per heavy atom. The number of aryl methyl sites for hydroxylation is 1. The predicted octanol–water partition coefficient (Wildman–Crippen LogP) is 3.24. The molecule has 0 N–H and O–H groups in total. The maximum atomic E-state index is 12.5. The van der Waals surface area contributed by atoms with Crippen LogP contribution in [0, 0.1) is 6.92 Å². The molecule has 0 radical (unpaired) electrons. The summed E-state index contributed by atoms with van der Waals surface area (Å²) in [4.78, 5) is 15.1. The number of halogens is 1. The van der Waals surface area contributed by atoms with Gasteiger partial charge in [-0.1, -0.05) is 18.2 Å². The molecule has 2 rings (SSSR count). The highest BCUT2D eigenvalue weighted by atomic mass is 79.9. The van der Waals surface area contributed by atoms with E-state index in [4.69, 9.17) is 0 Å². The standard InChI is InChI=1S/C16H19BrN2O3S2/c1-12-6-4-5-7-14(12)19(24(3,21)22)11-16(20)18(2)10-13-8-9-15(17)23-13/h4-9H,10-11H2,1-3H3. The number of sulfonamides is 1. The smallest absolute Gasteiger partial charge is 0.243 e. The highest BCUT2D eigenvalue weighted by Gasteiger charge is 2.24. The number of thiophene rings is 1. The molecule has 1 aromatic carbocycles. The van der Waals surface area contributed by atoms with E-state index < -0.39 is 10.0 Å². The summed E-state index contributed by atoms with van der Waals surface area (Å²) in [6.45, 7) is 2.05. The van der Waals surface area contributed by atoms with Crippen LogP contribution in [0.5, 0.6) is 0 Å². The highest BCUT2D eigenvalue weighted by Crippen LogP contribution is 2.24. The third-order valence-corrected chi connectivity index (χ3v) is 6.25. The summed E-state index contributed by atoms with van der Waals surface area (Å²) in [7, 11) is -1.88. The Kier molecular flexibility index (Phi) is 6.06. The summed E-state index contributed by atoms with van der Waals surface area (Å²) in [5.41, 5.74) is 1.33. The second-order valence-corrected chi connectivity index (χ2v) is 9.97. The van der Waals surface area contributed by atoms with Crippen molar-refractivity contribution in [2.75, 3.05) is 24.2 Å². The summed E-state index contributed by atoms with van der Waals surface area (Å²) in [5.74, 6) is -0.256. The van der Waals surface area contributed by atoms with Crippen molar-refractivity contribution in [1.82, 2.24) is 4.90 Å². The molecule has 1 amide bonds. The summed E-state index contributed by atoms with van der Waals surface area (Å²) in [6.07, 6.45) is 1.11. The third kappa shape index (κ3) is 4.81. The van der Waals surface area contributed by atoms with Crippen molar-refractivity contribution in [2.24, 2.45) is 0 Å². The van der Waals surface area contributed by atoms with E-state index in [1.165, 1.54) is 4.90 Å². The Balaban J connectivity index is 2.17. The Morgan fingerprint density at radius 3 is 2.42 bits per heavy atom. The highest BCUT2D eigenvalue weighted by molar-refractivity contribution is 9.11. The van der Waals surface area contributed by atoms with Crippen molar-refractivity contribution < 1.29 is 13.2 Å². The Morgan fingerprint density at radius 1 is 1.21 bits per heavy atom. The summed E-state index contributed by atoms with van der Waals surface area (Å²) in [6, 6.07) is 11.0. The molecule has 0 aliphatic heterocycles. The molecule has 5 nitrogen and oxygen atoms in total. The first-order valence-electron chi connectivity index (χ1n) is 7.20. The Labute approximate surface area is 155 Å². The van der Waals surface area contributed by atoms with Crippen LogP contribution >= 0.6 is 27.3 Å². The van der Waals surface area contributed by atoms with Gasteiger partial charge in [0.1, 0.15) is 6.54 Å². The van der Waals surface area contributed by atoms with Crippen molar-refractivity contribution in [1.29, 1.82) is 0 Å². The van der Waals surface area contributed by atoms with Gasteiger partial charge in [0.2, 0.25) is 15.9 Å².